The topological polar surface area (TPSA) is 55.8 Å². The number of carbonyl (C=O) groups excluding carboxylic acids is 1. The lowest BCUT2D eigenvalue weighted by Gasteiger charge is -2.61. The molecule has 3 aliphatic rings. The van der Waals surface area contributed by atoms with Gasteiger partial charge in [-0.1, -0.05) is 13.8 Å². The number of aliphatic hydroxyl groups is 1. The van der Waals surface area contributed by atoms with Crippen molar-refractivity contribution in [3.8, 4) is 0 Å². The molecule has 2 saturated carbocycles. The van der Waals surface area contributed by atoms with Crippen LogP contribution in [0.2, 0.25) is 0 Å². The summed E-state index contributed by atoms with van der Waals surface area (Å²) in [6, 6.07) is 0. The predicted octanol–water partition coefficient (Wildman–Crippen LogP) is 2.53. The summed E-state index contributed by atoms with van der Waals surface area (Å²) in [6.45, 7) is 7.16. The Labute approximate surface area is 127 Å². The van der Waals surface area contributed by atoms with Crippen molar-refractivity contribution in [1.29, 1.82) is 0 Å². The van der Waals surface area contributed by atoms with Gasteiger partial charge in [0.05, 0.1) is 12.7 Å². The Morgan fingerprint density at radius 2 is 2.19 bits per heavy atom. The van der Waals surface area contributed by atoms with E-state index in [0.717, 1.165) is 25.7 Å². The molecule has 4 nitrogen and oxygen atoms in total. The highest BCUT2D eigenvalue weighted by Gasteiger charge is 2.68. The fraction of sp³-hybridized carbons (Fsp3) is 0.941. The molecule has 0 amide bonds. The Bertz CT molecular complexity index is 423. The molecule has 1 aliphatic heterocycles. The lowest BCUT2D eigenvalue weighted by molar-refractivity contribution is -0.185. The van der Waals surface area contributed by atoms with Crippen molar-refractivity contribution >= 4 is 5.78 Å². The van der Waals surface area contributed by atoms with Gasteiger partial charge < -0.3 is 14.6 Å². The van der Waals surface area contributed by atoms with Crippen LogP contribution in [-0.2, 0) is 14.3 Å². The summed E-state index contributed by atoms with van der Waals surface area (Å²) in [7, 11) is 0. The Kier molecular flexibility index (Phi) is 3.92. The first-order valence-corrected chi connectivity index (χ1v) is 8.40. The lowest BCUT2D eigenvalue weighted by Crippen LogP contribution is -2.62. The van der Waals surface area contributed by atoms with Gasteiger partial charge in [0, 0.05) is 30.8 Å². The largest absolute Gasteiger partial charge is 0.396 e. The van der Waals surface area contributed by atoms with Crippen LogP contribution in [-0.4, -0.2) is 36.5 Å². The molecule has 6 atom stereocenters. The highest BCUT2D eigenvalue weighted by atomic mass is 16.7. The summed E-state index contributed by atoms with van der Waals surface area (Å²) in [5, 5.41) is 9.94. The first kappa shape index (κ1) is 15.4. The molecule has 4 heteroatoms. The number of hydrogen-bond acceptors (Lipinski definition) is 4. The van der Waals surface area contributed by atoms with Gasteiger partial charge in [-0.2, -0.15) is 0 Å². The molecule has 0 aromatic heterocycles. The molecule has 1 N–H and O–H groups in total. The van der Waals surface area contributed by atoms with Crippen molar-refractivity contribution in [3.63, 3.8) is 0 Å². The molecular weight excluding hydrogens is 268 g/mol. The number of Topliss-reactive ketones (excluding diaryl/α,β-unsaturated/α-hetero) is 1. The van der Waals surface area contributed by atoms with Gasteiger partial charge in [0.2, 0.25) is 0 Å². The van der Waals surface area contributed by atoms with Crippen molar-refractivity contribution in [2.24, 2.45) is 22.7 Å². The van der Waals surface area contributed by atoms with Crippen LogP contribution in [0.4, 0.5) is 0 Å². The van der Waals surface area contributed by atoms with Crippen LogP contribution >= 0.6 is 0 Å². The molecule has 120 valence electrons. The minimum Gasteiger partial charge on any atom is -0.396 e. The molecule has 1 saturated heterocycles. The minimum atomic E-state index is -0.283. The van der Waals surface area contributed by atoms with Crippen LogP contribution < -0.4 is 0 Å². The fourth-order valence-electron chi connectivity index (χ4n) is 5.50. The smallest absolute Gasteiger partial charge is 0.158 e. The van der Waals surface area contributed by atoms with Crippen molar-refractivity contribution in [1.82, 2.24) is 0 Å². The third kappa shape index (κ3) is 1.95. The van der Waals surface area contributed by atoms with Gasteiger partial charge >= 0.3 is 0 Å². The molecule has 0 aromatic rings. The first-order chi connectivity index (χ1) is 9.99. The second-order valence-corrected chi connectivity index (χ2v) is 7.35. The van der Waals surface area contributed by atoms with Crippen LogP contribution in [0.3, 0.4) is 0 Å². The molecule has 0 radical (unpaired) electrons. The maximum absolute atomic E-state index is 12.5. The molecule has 3 rings (SSSR count). The van der Waals surface area contributed by atoms with E-state index in [4.69, 9.17) is 9.47 Å². The Hall–Kier alpha value is -0.450. The monoisotopic (exact) mass is 296 g/mol. The number of aliphatic hydroxyl groups excluding tert-OH is 1. The molecule has 0 bridgehead atoms. The van der Waals surface area contributed by atoms with Crippen LogP contribution in [0.25, 0.3) is 0 Å². The molecule has 2 aliphatic carbocycles. The van der Waals surface area contributed by atoms with Crippen molar-refractivity contribution in [2.75, 3.05) is 13.2 Å². The third-order valence-corrected chi connectivity index (χ3v) is 6.84. The average Bonchev–Trinajstić information content (AvgIpc) is 2.81. The van der Waals surface area contributed by atoms with Gasteiger partial charge in [-0.25, -0.2) is 0 Å². The van der Waals surface area contributed by atoms with E-state index in [-0.39, 0.29) is 41.5 Å². The number of hydrogen-bond donors (Lipinski definition) is 1. The zero-order chi connectivity index (χ0) is 15.3. The van der Waals surface area contributed by atoms with Crippen LogP contribution in [0, 0.1) is 22.7 Å². The van der Waals surface area contributed by atoms with E-state index in [0.29, 0.717) is 18.9 Å². The molecule has 21 heavy (non-hydrogen) atoms. The number of rotatable bonds is 3. The molecule has 1 spiro atoms. The van der Waals surface area contributed by atoms with Gasteiger partial charge in [-0.05, 0) is 37.5 Å². The van der Waals surface area contributed by atoms with E-state index in [1.807, 2.05) is 6.92 Å². The maximum atomic E-state index is 12.5. The normalized spacial score (nSPS) is 49.8. The minimum absolute atomic E-state index is 0.0525. The van der Waals surface area contributed by atoms with Crippen molar-refractivity contribution in [3.05, 3.63) is 0 Å². The standard InChI is InChI=1S/C17H28O4/c1-4-20-15-9-17-12(10-18)13(19)7-8-16(17,3)11(2)5-6-14(17)21-15/h11-12,14-15,18H,4-10H2,1-3H3/t11-,12+,14+,15-,16+,17-/m1/s1. The van der Waals surface area contributed by atoms with Crippen LogP contribution in [0.5, 0.6) is 0 Å². The van der Waals surface area contributed by atoms with Crippen molar-refractivity contribution < 1.29 is 19.4 Å². The summed E-state index contributed by atoms with van der Waals surface area (Å²) in [5.74, 6) is 0.490. The van der Waals surface area contributed by atoms with E-state index in [9.17, 15) is 9.90 Å². The third-order valence-electron chi connectivity index (χ3n) is 6.84. The summed E-state index contributed by atoms with van der Waals surface area (Å²) >= 11 is 0. The highest BCUT2D eigenvalue weighted by Crippen LogP contribution is 2.67. The Morgan fingerprint density at radius 1 is 1.43 bits per heavy atom. The van der Waals surface area contributed by atoms with E-state index < -0.39 is 0 Å². The fourth-order valence-corrected chi connectivity index (χ4v) is 5.50. The quantitative estimate of drug-likeness (QED) is 0.869. The Morgan fingerprint density at radius 3 is 2.86 bits per heavy atom. The van der Waals surface area contributed by atoms with Gasteiger partial charge in [0.15, 0.2) is 6.29 Å². The second kappa shape index (κ2) is 5.32. The zero-order valence-electron chi connectivity index (χ0n) is 13.4. The Balaban J connectivity index is 2.04. The molecule has 0 aromatic carbocycles. The van der Waals surface area contributed by atoms with Crippen LogP contribution in [0.1, 0.15) is 52.9 Å². The van der Waals surface area contributed by atoms with Gasteiger partial charge in [0.1, 0.15) is 5.78 Å². The summed E-state index contributed by atoms with van der Waals surface area (Å²) < 4.78 is 11.9. The molecule has 1 heterocycles. The number of carbonyl (C=O) groups is 1. The number of ketones is 1. The highest BCUT2D eigenvalue weighted by molar-refractivity contribution is 5.83. The maximum Gasteiger partial charge on any atom is 0.158 e. The second-order valence-electron chi connectivity index (χ2n) is 7.35. The lowest BCUT2D eigenvalue weighted by atomic mass is 9.42. The van der Waals surface area contributed by atoms with Gasteiger partial charge in [-0.3, -0.25) is 4.79 Å². The van der Waals surface area contributed by atoms with E-state index in [1.165, 1.54) is 0 Å². The predicted molar refractivity (Wildman–Crippen MR) is 78.7 cm³/mol. The van der Waals surface area contributed by atoms with Gasteiger partial charge in [0.25, 0.3) is 0 Å². The zero-order valence-corrected chi connectivity index (χ0v) is 13.4. The van der Waals surface area contributed by atoms with E-state index in [1.54, 1.807) is 0 Å². The number of ether oxygens (including phenoxy) is 2. The summed E-state index contributed by atoms with van der Waals surface area (Å²) in [6.07, 6.45) is 4.21. The van der Waals surface area contributed by atoms with E-state index >= 15 is 0 Å². The summed E-state index contributed by atoms with van der Waals surface area (Å²) in [5.41, 5.74) is -0.183. The van der Waals surface area contributed by atoms with Crippen LogP contribution in [0.15, 0.2) is 0 Å². The molecular formula is C17H28O4. The molecule has 0 unspecified atom stereocenters. The van der Waals surface area contributed by atoms with Crippen molar-refractivity contribution in [2.45, 2.75) is 65.3 Å². The molecule has 3 fully saturated rings. The first-order valence-electron chi connectivity index (χ1n) is 8.40. The average molecular weight is 296 g/mol. The van der Waals surface area contributed by atoms with Gasteiger partial charge in [-0.15, -0.1) is 0 Å². The summed E-state index contributed by atoms with van der Waals surface area (Å²) in [4.78, 5) is 12.5. The SMILES string of the molecule is CCO[C@H]1C[C@@]23[C@H](CC[C@@H](C)[C@]2(C)CCC(=O)[C@@H]3CO)O1. The van der Waals surface area contributed by atoms with E-state index in [2.05, 4.69) is 13.8 Å².